The van der Waals surface area contributed by atoms with Crippen molar-refractivity contribution < 1.29 is 0 Å². The molecule has 0 aliphatic heterocycles. The molecule has 1 unspecified atom stereocenters. The Morgan fingerprint density at radius 2 is 2.27 bits per heavy atom. The molecule has 0 spiro atoms. The second-order valence-corrected chi connectivity index (χ2v) is 4.65. The van der Waals surface area contributed by atoms with Gasteiger partial charge in [-0.25, -0.2) is 4.68 Å². The molecule has 1 aromatic heterocycles. The number of rotatable bonds is 4. The molecule has 0 N–H and O–H groups in total. The summed E-state index contributed by atoms with van der Waals surface area (Å²) >= 11 is 5.90. The summed E-state index contributed by atoms with van der Waals surface area (Å²) in [6.07, 6.45) is 4.96. The third-order valence-corrected chi connectivity index (χ3v) is 3.68. The maximum Gasteiger partial charge on any atom is 0.101 e. The van der Waals surface area contributed by atoms with E-state index in [1.807, 2.05) is 0 Å². The SMILES string of the molecule is CCC(C)n1nnc(CCl)c1C1CCC1. The Labute approximate surface area is 95.8 Å². The standard InChI is InChI=1S/C11H18ClN3/c1-3-8(2)15-11(9-5-4-6-9)10(7-12)13-14-15/h8-9H,3-7H2,1-2H3. The Balaban J connectivity index is 2.32. The minimum Gasteiger partial charge on any atom is -0.246 e. The summed E-state index contributed by atoms with van der Waals surface area (Å²) < 4.78 is 2.08. The number of aromatic nitrogens is 3. The van der Waals surface area contributed by atoms with Crippen LogP contribution < -0.4 is 0 Å². The molecule has 1 heterocycles. The third kappa shape index (κ3) is 1.89. The quantitative estimate of drug-likeness (QED) is 0.740. The molecule has 0 amide bonds. The summed E-state index contributed by atoms with van der Waals surface area (Å²) in [6, 6.07) is 0.435. The van der Waals surface area contributed by atoms with Gasteiger partial charge < -0.3 is 0 Å². The van der Waals surface area contributed by atoms with Gasteiger partial charge in [0.05, 0.1) is 17.6 Å². The Hall–Kier alpha value is -0.570. The lowest BCUT2D eigenvalue weighted by molar-refractivity contribution is 0.362. The van der Waals surface area contributed by atoms with Crippen molar-refractivity contribution in [3.05, 3.63) is 11.4 Å². The van der Waals surface area contributed by atoms with Crippen molar-refractivity contribution in [3.63, 3.8) is 0 Å². The van der Waals surface area contributed by atoms with Crippen LogP contribution in [0.1, 0.15) is 62.9 Å². The summed E-state index contributed by atoms with van der Waals surface area (Å²) in [5.74, 6) is 1.14. The van der Waals surface area contributed by atoms with Gasteiger partial charge in [0.1, 0.15) is 5.69 Å². The second kappa shape index (κ2) is 4.52. The van der Waals surface area contributed by atoms with E-state index >= 15 is 0 Å². The molecule has 1 fully saturated rings. The first-order valence-corrected chi connectivity index (χ1v) is 6.31. The van der Waals surface area contributed by atoms with Gasteiger partial charge in [-0.2, -0.15) is 0 Å². The molecule has 3 nitrogen and oxygen atoms in total. The highest BCUT2D eigenvalue weighted by molar-refractivity contribution is 6.16. The van der Waals surface area contributed by atoms with E-state index in [0.717, 1.165) is 12.1 Å². The fourth-order valence-electron chi connectivity index (χ4n) is 2.03. The molecule has 15 heavy (non-hydrogen) atoms. The predicted molar refractivity (Wildman–Crippen MR) is 61.2 cm³/mol. The average molecular weight is 228 g/mol. The van der Waals surface area contributed by atoms with E-state index in [1.165, 1.54) is 25.0 Å². The fraction of sp³-hybridized carbons (Fsp3) is 0.818. The van der Waals surface area contributed by atoms with Gasteiger partial charge in [0.15, 0.2) is 0 Å². The topological polar surface area (TPSA) is 30.7 Å². The minimum absolute atomic E-state index is 0.435. The molecule has 2 rings (SSSR count). The van der Waals surface area contributed by atoms with E-state index in [9.17, 15) is 0 Å². The lowest BCUT2D eigenvalue weighted by Crippen LogP contribution is -2.18. The Kier molecular flexibility index (Phi) is 3.29. The van der Waals surface area contributed by atoms with Crippen LogP contribution in [0.4, 0.5) is 0 Å². The summed E-state index contributed by atoms with van der Waals surface area (Å²) in [4.78, 5) is 0. The molecule has 1 atom stereocenters. The van der Waals surface area contributed by atoms with Gasteiger partial charge >= 0.3 is 0 Å². The largest absolute Gasteiger partial charge is 0.246 e. The second-order valence-electron chi connectivity index (χ2n) is 4.38. The van der Waals surface area contributed by atoms with Crippen LogP contribution >= 0.6 is 11.6 Å². The highest BCUT2D eigenvalue weighted by atomic mass is 35.5. The molecular formula is C11H18ClN3. The highest BCUT2D eigenvalue weighted by Crippen LogP contribution is 2.38. The maximum atomic E-state index is 5.90. The predicted octanol–water partition coefficient (Wildman–Crippen LogP) is 3.26. The van der Waals surface area contributed by atoms with Crippen molar-refractivity contribution in [1.82, 2.24) is 15.0 Å². The van der Waals surface area contributed by atoms with Gasteiger partial charge in [0.2, 0.25) is 0 Å². The molecule has 1 aromatic rings. The van der Waals surface area contributed by atoms with Crippen LogP contribution in [-0.2, 0) is 5.88 Å². The van der Waals surface area contributed by atoms with Crippen molar-refractivity contribution in [2.45, 2.75) is 57.4 Å². The van der Waals surface area contributed by atoms with Gasteiger partial charge in [-0.3, -0.25) is 0 Å². The number of hydrogen-bond donors (Lipinski definition) is 0. The number of hydrogen-bond acceptors (Lipinski definition) is 2. The zero-order valence-electron chi connectivity index (χ0n) is 9.41. The molecule has 84 valence electrons. The molecule has 0 aromatic carbocycles. The molecule has 4 heteroatoms. The summed E-state index contributed by atoms with van der Waals surface area (Å²) in [6.45, 7) is 4.37. The maximum absolute atomic E-state index is 5.90. The van der Waals surface area contributed by atoms with Crippen molar-refractivity contribution in [3.8, 4) is 0 Å². The first-order chi connectivity index (χ1) is 7.27. The first kappa shape index (κ1) is 10.9. The summed E-state index contributed by atoms with van der Waals surface area (Å²) in [7, 11) is 0. The number of nitrogens with zero attached hydrogens (tertiary/aromatic N) is 3. The molecule has 1 saturated carbocycles. The van der Waals surface area contributed by atoms with Gasteiger partial charge in [-0.05, 0) is 26.2 Å². The van der Waals surface area contributed by atoms with E-state index in [-0.39, 0.29) is 0 Å². The van der Waals surface area contributed by atoms with Crippen LogP contribution in [0.3, 0.4) is 0 Å². The van der Waals surface area contributed by atoms with E-state index in [2.05, 4.69) is 28.8 Å². The van der Waals surface area contributed by atoms with Crippen LogP contribution in [0.2, 0.25) is 0 Å². The zero-order chi connectivity index (χ0) is 10.8. The van der Waals surface area contributed by atoms with Crippen LogP contribution in [0.25, 0.3) is 0 Å². The van der Waals surface area contributed by atoms with Crippen LogP contribution in [-0.4, -0.2) is 15.0 Å². The average Bonchev–Trinajstić information content (AvgIpc) is 2.58. The van der Waals surface area contributed by atoms with Crippen molar-refractivity contribution >= 4 is 11.6 Å². The van der Waals surface area contributed by atoms with E-state index in [0.29, 0.717) is 17.8 Å². The number of halogens is 1. The smallest absolute Gasteiger partial charge is 0.101 e. The summed E-state index contributed by atoms with van der Waals surface area (Å²) in [5.41, 5.74) is 2.28. The van der Waals surface area contributed by atoms with Crippen molar-refractivity contribution in [1.29, 1.82) is 0 Å². The Bertz CT molecular complexity index is 331. The fourth-order valence-corrected chi connectivity index (χ4v) is 2.22. The van der Waals surface area contributed by atoms with Gasteiger partial charge in [-0.15, -0.1) is 16.7 Å². The van der Waals surface area contributed by atoms with Crippen molar-refractivity contribution in [2.24, 2.45) is 0 Å². The Morgan fingerprint density at radius 1 is 1.53 bits per heavy atom. The number of alkyl halides is 1. The third-order valence-electron chi connectivity index (χ3n) is 3.43. The molecule has 0 bridgehead atoms. The summed E-state index contributed by atoms with van der Waals surface area (Å²) in [5, 5.41) is 8.43. The van der Waals surface area contributed by atoms with Gasteiger partial charge in [0.25, 0.3) is 0 Å². The van der Waals surface area contributed by atoms with Gasteiger partial charge in [0, 0.05) is 5.92 Å². The lowest BCUT2D eigenvalue weighted by atomic mass is 9.82. The van der Waals surface area contributed by atoms with Crippen LogP contribution in [0.15, 0.2) is 0 Å². The van der Waals surface area contributed by atoms with E-state index < -0.39 is 0 Å². The molecule has 1 aliphatic rings. The van der Waals surface area contributed by atoms with Gasteiger partial charge in [-0.1, -0.05) is 18.6 Å². The molecule has 0 saturated heterocycles. The molecule has 0 radical (unpaired) electrons. The minimum atomic E-state index is 0.435. The van der Waals surface area contributed by atoms with Crippen LogP contribution in [0.5, 0.6) is 0 Å². The lowest BCUT2D eigenvalue weighted by Gasteiger charge is -2.27. The molecular weight excluding hydrogens is 210 g/mol. The zero-order valence-corrected chi connectivity index (χ0v) is 10.2. The van der Waals surface area contributed by atoms with E-state index in [1.54, 1.807) is 0 Å². The van der Waals surface area contributed by atoms with Crippen molar-refractivity contribution in [2.75, 3.05) is 0 Å². The highest BCUT2D eigenvalue weighted by Gasteiger charge is 2.28. The normalized spacial score (nSPS) is 18.9. The monoisotopic (exact) mass is 227 g/mol. The molecule has 1 aliphatic carbocycles. The Morgan fingerprint density at radius 3 is 2.73 bits per heavy atom. The van der Waals surface area contributed by atoms with E-state index in [4.69, 9.17) is 11.6 Å². The van der Waals surface area contributed by atoms with Crippen LogP contribution in [0, 0.1) is 0 Å². The first-order valence-electron chi connectivity index (χ1n) is 5.77.